The van der Waals surface area contributed by atoms with Crippen LogP contribution in [-0.2, 0) is 0 Å². The largest absolute Gasteiger partial charge is 0.389 e. The van der Waals surface area contributed by atoms with Crippen LogP contribution >= 0.6 is 0 Å². The SMILES string of the molecule is OC1/C=C\CCCCCCCCCC1. The molecule has 0 aromatic rings. The van der Waals surface area contributed by atoms with E-state index in [1.54, 1.807) is 0 Å². The molecule has 1 aliphatic rings. The highest BCUT2D eigenvalue weighted by molar-refractivity contribution is 4.88. The topological polar surface area (TPSA) is 20.2 Å². The number of hydrogen-bond donors (Lipinski definition) is 1. The molecule has 1 aliphatic carbocycles. The lowest BCUT2D eigenvalue weighted by atomic mass is 10.1. The van der Waals surface area contributed by atoms with Gasteiger partial charge in [0.15, 0.2) is 0 Å². The van der Waals surface area contributed by atoms with Crippen molar-refractivity contribution in [1.29, 1.82) is 0 Å². The van der Waals surface area contributed by atoms with Crippen LogP contribution in [0.15, 0.2) is 12.2 Å². The summed E-state index contributed by atoms with van der Waals surface area (Å²) in [5.41, 5.74) is 0. The van der Waals surface area contributed by atoms with Crippen molar-refractivity contribution in [3.63, 3.8) is 0 Å². The second-order valence-corrected chi connectivity index (χ2v) is 4.40. The van der Waals surface area contributed by atoms with Crippen LogP contribution in [0.5, 0.6) is 0 Å². The van der Waals surface area contributed by atoms with Gasteiger partial charge in [0.1, 0.15) is 0 Å². The maximum Gasteiger partial charge on any atom is 0.0720 e. The van der Waals surface area contributed by atoms with E-state index in [-0.39, 0.29) is 6.10 Å². The van der Waals surface area contributed by atoms with Gasteiger partial charge in [0, 0.05) is 0 Å². The van der Waals surface area contributed by atoms with Crippen molar-refractivity contribution in [3.8, 4) is 0 Å². The Morgan fingerprint density at radius 1 is 0.786 bits per heavy atom. The van der Waals surface area contributed by atoms with E-state index in [9.17, 15) is 5.11 Å². The Balaban J connectivity index is 2.21. The Labute approximate surface area is 88.2 Å². The molecule has 1 heteroatoms. The zero-order chi connectivity index (χ0) is 10.1. The fourth-order valence-electron chi connectivity index (χ4n) is 2.03. The van der Waals surface area contributed by atoms with Gasteiger partial charge in [-0.15, -0.1) is 0 Å². The molecule has 0 amide bonds. The number of hydrogen-bond acceptors (Lipinski definition) is 1. The van der Waals surface area contributed by atoms with Crippen molar-refractivity contribution in [2.24, 2.45) is 0 Å². The summed E-state index contributed by atoms with van der Waals surface area (Å²) in [6.45, 7) is 0. The van der Waals surface area contributed by atoms with E-state index in [1.807, 2.05) is 6.08 Å². The van der Waals surface area contributed by atoms with E-state index < -0.39 is 0 Å². The van der Waals surface area contributed by atoms with Crippen molar-refractivity contribution in [2.45, 2.75) is 70.3 Å². The number of aliphatic hydroxyl groups excluding tert-OH is 1. The molecule has 0 fully saturated rings. The zero-order valence-corrected chi connectivity index (χ0v) is 9.25. The summed E-state index contributed by atoms with van der Waals surface area (Å²) >= 11 is 0. The molecule has 0 bridgehead atoms. The summed E-state index contributed by atoms with van der Waals surface area (Å²) in [6.07, 6.45) is 16.8. The average molecular weight is 196 g/mol. The first-order valence-corrected chi connectivity index (χ1v) is 6.24. The van der Waals surface area contributed by atoms with Crippen LogP contribution < -0.4 is 0 Å². The third kappa shape index (κ3) is 6.20. The van der Waals surface area contributed by atoms with E-state index in [4.69, 9.17) is 0 Å². The standard InChI is InChI=1S/C13H24O/c14-13-11-9-7-5-3-1-2-4-6-8-10-12-13/h9,11,13-14H,1-8,10,12H2/b11-9-. The molecule has 82 valence electrons. The first kappa shape index (κ1) is 11.8. The molecule has 1 rings (SSSR count). The highest BCUT2D eigenvalue weighted by atomic mass is 16.3. The molecule has 1 N–H and O–H groups in total. The van der Waals surface area contributed by atoms with Crippen LogP contribution in [0.2, 0.25) is 0 Å². The summed E-state index contributed by atoms with van der Waals surface area (Å²) in [4.78, 5) is 0. The van der Waals surface area contributed by atoms with Gasteiger partial charge in [-0.1, -0.05) is 57.1 Å². The van der Waals surface area contributed by atoms with Gasteiger partial charge in [-0.05, 0) is 19.3 Å². The smallest absolute Gasteiger partial charge is 0.0720 e. The predicted octanol–water partition coefficient (Wildman–Crippen LogP) is 3.82. The lowest BCUT2D eigenvalue weighted by Gasteiger charge is -2.04. The highest BCUT2D eigenvalue weighted by Gasteiger charge is 1.99. The van der Waals surface area contributed by atoms with Gasteiger partial charge in [-0.2, -0.15) is 0 Å². The number of rotatable bonds is 0. The Bertz CT molecular complexity index is 151. The third-order valence-corrected chi connectivity index (χ3v) is 2.98. The van der Waals surface area contributed by atoms with Gasteiger partial charge in [-0.25, -0.2) is 0 Å². The van der Waals surface area contributed by atoms with E-state index in [2.05, 4.69) is 6.08 Å². The van der Waals surface area contributed by atoms with Crippen molar-refractivity contribution in [1.82, 2.24) is 0 Å². The maximum atomic E-state index is 9.58. The summed E-state index contributed by atoms with van der Waals surface area (Å²) in [6, 6.07) is 0. The molecule has 0 aromatic heterocycles. The van der Waals surface area contributed by atoms with Gasteiger partial charge in [0.2, 0.25) is 0 Å². The highest BCUT2D eigenvalue weighted by Crippen LogP contribution is 2.13. The molecule has 1 unspecified atom stereocenters. The van der Waals surface area contributed by atoms with Crippen molar-refractivity contribution in [2.75, 3.05) is 0 Å². The van der Waals surface area contributed by atoms with E-state index in [0.717, 1.165) is 12.8 Å². The van der Waals surface area contributed by atoms with Gasteiger partial charge in [0.25, 0.3) is 0 Å². The fraction of sp³-hybridized carbons (Fsp3) is 0.846. The summed E-state index contributed by atoms with van der Waals surface area (Å²) in [7, 11) is 0. The lowest BCUT2D eigenvalue weighted by molar-refractivity contribution is 0.207. The van der Waals surface area contributed by atoms with Crippen LogP contribution in [0.25, 0.3) is 0 Å². The Morgan fingerprint density at radius 2 is 1.36 bits per heavy atom. The summed E-state index contributed by atoms with van der Waals surface area (Å²) < 4.78 is 0. The molecular weight excluding hydrogens is 172 g/mol. The molecule has 0 radical (unpaired) electrons. The molecule has 1 nitrogen and oxygen atoms in total. The summed E-state index contributed by atoms with van der Waals surface area (Å²) in [5.74, 6) is 0. The van der Waals surface area contributed by atoms with Crippen molar-refractivity contribution < 1.29 is 5.11 Å². The normalized spacial score (nSPS) is 29.6. The van der Waals surface area contributed by atoms with E-state index >= 15 is 0 Å². The van der Waals surface area contributed by atoms with Gasteiger partial charge in [-0.3, -0.25) is 0 Å². The summed E-state index contributed by atoms with van der Waals surface area (Å²) in [5, 5.41) is 9.58. The van der Waals surface area contributed by atoms with Crippen LogP contribution in [-0.4, -0.2) is 11.2 Å². The number of aliphatic hydroxyl groups is 1. The molecule has 0 saturated heterocycles. The van der Waals surface area contributed by atoms with Crippen molar-refractivity contribution >= 4 is 0 Å². The van der Waals surface area contributed by atoms with E-state index in [0.29, 0.717) is 0 Å². The third-order valence-electron chi connectivity index (χ3n) is 2.98. The molecule has 14 heavy (non-hydrogen) atoms. The van der Waals surface area contributed by atoms with Crippen LogP contribution in [0.4, 0.5) is 0 Å². The minimum absolute atomic E-state index is 0.184. The molecule has 0 spiro atoms. The van der Waals surface area contributed by atoms with Gasteiger partial charge >= 0.3 is 0 Å². The molecule has 0 saturated carbocycles. The second kappa shape index (κ2) is 8.05. The first-order valence-electron chi connectivity index (χ1n) is 6.24. The van der Waals surface area contributed by atoms with Gasteiger partial charge < -0.3 is 5.11 Å². The van der Waals surface area contributed by atoms with Gasteiger partial charge in [0.05, 0.1) is 6.10 Å². The minimum Gasteiger partial charge on any atom is -0.389 e. The Kier molecular flexibility index (Phi) is 6.77. The quantitative estimate of drug-likeness (QED) is 0.584. The van der Waals surface area contributed by atoms with E-state index in [1.165, 1.54) is 51.4 Å². The predicted molar refractivity (Wildman–Crippen MR) is 61.3 cm³/mol. The number of allylic oxidation sites excluding steroid dienone is 1. The fourth-order valence-corrected chi connectivity index (χ4v) is 2.03. The molecular formula is C13H24O. The van der Waals surface area contributed by atoms with Crippen LogP contribution in [0.1, 0.15) is 64.2 Å². The molecule has 0 aromatic carbocycles. The molecule has 0 aliphatic heterocycles. The maximum absolute atomic E-state index is 9.58. The minimum atomic E-state index is -0.184. The van der Waals surface area contributed by atoms with Crippen molar-refractivity contribution in [3.05, 3.63) is 12.2 Å². The molecule has 0 heterocycles. The van der Waals surface area contributed by atoms with Crippen LogP contribution in [0, 0.1) is 0 Å². The Morgan fingerprint density at radius 3 is 2.07 bits per heavy atom. The second-order valence-electron chi connectivity index (χ2n) is 4.40. The van der Waals surface area contributed by atoms with Crippen LogP contribution in [0.3, 0.4) is 0 Å². The average Bonchev–Trinajstić information content (AvgIpc) is 2.20. The molecule has 1 atom stereocenters. The first-order chi connectivity index (χ1) is 6.89. The zero-order valence-electron chi connectivity index (χ0n) is 9.25. The monoisotopic (exact) mass is 196 g/mol. The Hall–Kier alpha value is -0.300. The lowest BCUT2D eigenvalue weighted by Crippen LogP contribution is -2.01.